The number of benzene rings is 1. The standard InChI is InChI=1S/C23H22Cl2N4O2/c1-16-14-26-6-4-21(16)23(30)29(20-12-18(24)11-19(25)13-20)15-17-3-2-5-27-22(17)28-7-9-31-10-8-28/h2-6,11-14H,7-10,15H2,1H3. The minimum absolute atomic E-state index is 0.157. The van der Waals surface area contributed by atoms with Crippen LogP contribution in [0.1, 0.15) is 21.5 Å². The third-order valence-electron chi connectivity index (χ3n) is 5.16. The summed E-state index contributed by atoms with van der Waals surface area (Å²) < 4.78 is 5.48. The van der Waals surface area contributed by atoms with Gasteiger partial charge in [-0.15, -0.1) is 0 Å². The van der Waals surface area contributed by atoms with Gasteiger partial charge in [0.05, 0.1) is 19.8 Å². The minimum atomic E-state index is -0.157. The number of amides is 1. The van der Waals surface area contributed by atoms with Crippen molar-refractivity contribution in [3.63, 3.8) is 0 Å². The number of hydrogen-bond acceptors (Lipinski definition) is 5. The van der Waals surface area contributed by atoms with Gasteiger partial charge in [0.2, 0.25) is 0 Å². The van der Waals surface area contributed by atoms with Crippen LogP contribution in [0.15, 0.2) is 55.0 Å². The Hall–Kier alpha value is -2.67. The van der Waals surface area contributed by atoms with Gasteiger partial charge in [-0.2, -0.15) is 0 Å². The lowest BCUT2D eigenvalue weighted by Crippen LogP contribution is -2.38. The first-order chi connectivity index (χ1) is 15.0. The molecule has 4 rings (SSSR count). The summed E-state index contributed by atoms with van der Waals surface area (Å²) in [5, 5.41) is 0.928. The Labute approximate surface area is 191 Å². The van der Waals surface area contributed by atoms with E-state index in [9.17, 15) is 4.79 Å². The third-order valence-corrected chi connectivity index (χ3v) is 5.60. The molecule has 2 aromatic heterocycles. The molecule has 1 amide bonds. The molecule has 1 aliphatic rings. The van der Waals surface area contributed by atoms with Crippen LogP contribution in [0.4, 0.5) is 11.5 Å². The summed E-state index contributed by atoms with van der Waals surface area (Å²) in [4.78, 5) is 26.2. The van der Waals surface area contributed by atoms with Gasteiger partial charge in [-0.1, -0.05) is 29.3 Å². The predicted molar refractivity (Wildman–Crippen MR) is 123 cm³/mol. The van der Waals surface area contributed by atoms with Crippen molar-refractivity contribution in [3.8, 4) is 0 Å². The number of aromatic nitrogens is 2. The van der Waals surface area contributed by atoms with E-state index in [4.69, 9.17) is 27.9 Å². The maximum absolute atomic E-state index is 13.6. The Morgan fingerprint density at radius 3 is 2.58 bits per heavy atom. The van der Waals surface area contributed by atoms with Gasteiger partial charge in [-0.05, 0) is 42.8 Å². The molecule has 6 nitrogen and oxygen atoms in total. The molecule has 1 aromatic carbocycles. The van der Waals surface area contributed by atoms with E-state index in [-0.39, 0.29) is 5.91 Å². The summed E-state index contributed by atoms with van der Waals surface area (Å²) in [6.07, 6.45) is 5.07. The average molecular weight is 457 g/mol. The lowest BCUT2D eigenvalue weighted by molar-refractivity contribution is 0.0984. The highest BCUT2D eigenvalue weighted by molar-refractivity contribution is 6.35. The number of halogens is 2. The number of morpholine rings is 1. The van der Waals surface area contributed by atoms with E-state index < -0.39 is 0 Å². The van der Waals surface area contributed by atoms with Gasteiger partial charge in [0.1, 0.15) is 5.82 Å². The maximum atomic E-state index is 13.6. The Kier molecular flexibility index (Phi) is 6.70. The fraction of sp³-hybridized carbons (Fsp3) is 0.261. The molecule has 3 heterocycles. The van der Waals surface area contributed by atoms with Crippen LogP contribution in [-0.4, -0.2) is 42.2 Å². The molecule has 0 saturated carbocycles. The Morgan fingerprint density at radius 2 is 1.87 bits per heavy atom. The largest absolute Gasteiger partial charge is 0.378 e. The summed E-state index contributed by atoms with van der Waals surface area (Å²) in [7, 11) is 0. The van der Waals surface area contributed by atoms with E-state index in [0.717, 1.165) is 30.0 Å². The van der Waals surface area contributed by atoms with E-state index in [2.05, 4.69) is 14.9 Å². The number of rotatable bonds is 5. The van der Waals surface area contributed by atoms with Gasteiger partial charge >= 0.3 is 0 Å². The van der Waals surface area contributed by atoms with Crippen LogP contribution >= 0.6 is 23.2 Å². The van der Waals surface area contributed by atoms with Gasteiger partial charge in [0.25, 0.3) is 5.91 Å². The SMILES string of the molecule is Cc1cnccc1C(=O)N(Cc1cccnc1N1CCOCC1)c1cc(Cl)cc(Cl)c1. The molecule has 0 bridgehead atoms. The second-order valence-electron chi connectivity index (χ2n) is 7.30. The van der Waals surface area contributed by atoms with E-state index in [1.54, 1.807) is 47.8 Å². The van der Waals surface area contributed by atoms with Crippen molar-refractivity contribution in [2.24, 2.45) is 0 Å². The fourth-order valence-electron chi connectivity index (χ4n) is 3.62. The van der Waals surface area contributed by atoms with Crippen molar-refractivity contribution >= 4 is 40.6 Å². The summed E-state index contributed by atoms with van der Waals surface area (Å²) in [5.74, 6) is 0.693. The van der Waals surface area contributed by atoms with E-state index in [1.807, 2.05) is 19.1 Å². The van der Waals surface area contributed by atoms with E-state index >= 15 is 0 Å². The van der Waals surface area contributed by atoms with Gasteiger partial charge in [-0.3, -0.25) is 9.78 Å². The highest BCUT2D eigenvalue weighted by atomic mass is 35.5. The summed E-state index contributed by atoms with van der Waals surface area (Å²) in [6.45, 7) is 5.00. The molecule has 1 saturated heterocycles. The molecule has 0 spiro atoms. The zero-order chi connectivity index (χ0) is 21.8. The number of aryl methyl sites for hydroxylation is 1. The second-order valence-corrected chi connectivity index (χ2v) is 8.17. The number of nitrogens with zero attached hydrogens (tertiary/aromatic N) is 4. The monoisotopic (exact) mass is 456 g/mol. The Balaban J connectivity index is 1.75. The van der Waals surface area contributed by atoms with Crippen molar-refractivity contribution in [2.45, 2.75) is 13.5 Å². The maximum Gasteiger partial charge on any atom is 0.258 e. The number of carbonyl (C=O) groups excluding carboxylic acids is 1. The topological polar surface area (TPSA) is 58.6 Å². The van der Waals surface area contributed by atoms with Gasteiger partial charge in [0.15, 0.2) is 0 Å². The van der Waals surface area contributed by atoms with Crippen molar-refractivity contribution in [3.05, 3.63) is 81.7 Å². The van der Waals surface area contributed by atoms with Crippen molar-refractivity contribution in [1.82, 2.24) is 9.97 Å². The molecule has 0 unspecified atom stereocenters. The molecule has 0 aliphatic carbocycles. The molecular weight excluding hydrogens is 435 g/mol. The number of anilines is 2. The lowest BCUT2D eigenvalue weighted by atomic mass is 10.1. The first-order valence-corrected chi connectivity index (χ1v) is 10.7. The number of ether oxygens (including phenoxy) is 1. The average Bonchev–Trinajstić information content (AvgIpc) is 2.77. The molecule has 8 heteroatoms. The number of hydrogen-bond donors (Lipinski definition) is 0. The summed E-state index contributed by atoms with van der Waals surface area (Å²) in [5.41, 5.74) is 2.92. The van der Waals surface area contributed by atoms with Crippen molar-refractivity contribution in [2.75, 3.05) is 36.1 Å². The molecule has 0 radical (unpaired) electrons. The molecule has 1 fully saturated rings. The van der Waals surface area contributed by atoms with Crippen LogP contribution in [0.5, 0.6) is 0 Å². The highest BCUT2D eigenvalue weighted by Crippen LogP contribution is 2.30. The van der Waals surface area contributed by atoms with Crippen LogP contribution in [0.25, 0.3) is 0 Å². The molecular formula is C23H22Cl2N4O2. The van der Waals surface area contributed by atoms with E-state index in [0.29, 0.717) is 41.1 Å². The quantitative estimate of drug-likeness (QED) is 0.552. The minimum Gasteiger partial charge on any atom is -0.378 e. The molecule has 0 N–H and O–H groups in total. The van der Waals surface area contributed by atoms with Gasteiger partial charge < -0.3 is 14.5 Å². The van der Waals surface area contributed by atoms with Crippen molar-refractivity contribution < 1.29 is 9.53 Å². The first-order valence-electron chi connectivity index (χ1n) is 9.98. The second kappa shape index (κ2) is 9.64. The van der Waals surface area contributed by atoms with Gasteiger partial charge in [0, 0.05) is 58.5 Å². The Bertz CT molecular complexity index is 1070. The first kappa shape index (κ1) is 21.6. The highest BCUT2D eigenvalue weighted by Gasteiger charge is 2.24. The summed E-state index contributed by atoms with van der Waals surface area (Å²) in [6, 6.07) is 10.7. The zero-order valence-electron chi connectivity index (χ0n) is 17.1. The van der Waals surface area contributed by atoms with Crippen LogP contribution in [0.3, 0.4) is 0 Å². The number of pyridine rings is 2. The molecule has 0 atom stereocenters. The molecule has 3 aromatic rings. The Morgan fingerprint density at radius 1 is 1.13 bits per heavy atom. The zero-order valence-corrected chi connectivity index (χ0v) is 18.6. The smallest absolute Gasteiger partial charge is 0.258 e. The fourth-order valence-corrected chi connectivity index (χ4v) is 4.13. The van der Waals surface area contributed by atoms with Crippen molar-refractivity contribution in [1.29, 1.82) is 0 Å². The van der Waals surface area contributed by atoms with E-state index in [1.165, 1.54) is 0 Å². The van der Waals surface area contributed by atoms with Crippen LogP contribution in [0, 0.1) is 6.92 Å². The predicted octanol–water partition coefficient (Wildman–Crippen LogP) is 4.78. The van der Waals surface area contributed by atoms with Gasteiger partial charge in [-0.25, -0.2) is 4.98 Å². The van der Waals surface area contributed by atoms with Crippen LogP contribution in [0.2, 0.25) is 10.0 Å². The van der Waals surface area contributed by atoms with Crippen LogP contribution in [-0.2, 0) is 11.3 Å². The lowest BCUT2D eigenvalue weighted by Gasteiger charge is -2.31. The molecule has 31 heavy (non-hydrogen) atoms. The normalized spacial score (nSPS) is 13.8. The third kappa shape index (κ3) is 4.98. The molecule has 1 aliphatic heterocycles. The summed E-state index contributed by atoms with van der Waals surface area (Å²) >= 11 is 12.5. The number of carbonyl (C=O) groups is 1. The molecule has 160 valence electrons. The van der Waals surface area contributed by atoms with Crippen LogP contribution < -0.4 is 9.80 Å².